The van der Waals surface area contributed by atoms with Crippen molar-refractivity contribution in [2.24, 2.45) is 5.73 Å². The van der Waals surface area contributed by atoms with Gasteiger partial charge < -0.3 is 11.1 Å². The standard InChI is InChI=1S/C22H23N3O6S/c23-21(28)17-9-5-4-8-16(17)14-32(30,31)11-10-20(27)25(18-12-24-13-19(18)26)22(29)15-6-2-1-3-7-15/h1-9,18,24H,10-14H2,(H2,23,28)/t18-/m0/s1. The van der Waals surface area contributed by atoms with Crippen LogP contribution in [0.5, 0.6) is 0 Å². The molecule has 1 aliphatic rings. The molecular weight excluding hydrogens is 434 g/mol. The lowest BCUT2D eigenvalue weighted by atomic mass is 10.1. The van der Waals surface area contributed by atoms with E-state index in [1.54, 1.807) is 30.3 Å². The van der Waals surface area contributed by atoms with Crippen molar-refractivity contribution in [3.8, 4) is 0 Å². The number of hydrogen-bond acceptors (Lipinski definition) is 7. The van der Waals surface area contributed by atoms with E-state index in [1.807, 2.05) is 0 Å². The first kappa shape index (κ1) is 23.3. The molecule has 32 heavy (non-hydrogen) atoms. The van der Waals surface area contributed by atoms with Gasteiger partial charge in [-0.3, -0.25) is 24.1 Å². The number of nitrogens with zero attached hydrogens (tertiary/aromatic N) is 1. The van der Waals surface area contributed by atoms with Crippen LogP contribution in [0.25, 0.3) is 0 Å². The highest BCUT2D eigenvalue weighted by atomic mass is 32.2. The number of nitrogens with one attached hydrogen (secondary N) is 1. The maximum atomic E-state index is 13.0. The summed E-state index contributed by atoms with van der Waals surface area (Å²) in [5.41, 5.74) is 5.84. The minimum Gasteiger partial charge on any atom is -0.366 e. The molecule has 0 bridgehead atoms. The predicted molar refractivity (Wildman–Crippen MR) is 116 cm³/mol. The summed E-state index contributed by atoms with van der Waals surface area (Å²) in [5, 5.41) is 2.83. The van der Waals surface area contributed by atoms with Gasteiger partial charge in [-0.05, 0) is 23.8 Å². The summed E-state index contributed by atoms with van der Waals surface area (Å²) >= 11 is 0. The fourth-order valence-corrected chi connectivity index (χ4v) is 4.86. The fraction of sp³-hybridized carbons (Fsp3) is 0.273. The summed E-state index contributed by atoms with van der Waals surface area (Å²) < 4.78 is 25.3. The number of nitrogens with two attached hydrogens (primary N) is 1. The van der Waals surface area contributed by atoms with E-state index >= 15 is 0 Å². The summed E-state index contributed by atoms with van der Waals surface area (Å²) in [6, 6.07) is 13.1. The topological polar surface area (TPSA) is 144 Å². The molecule has 1 saturated heterocycles. The maximum Gasteiger partial charge on any atom is 0.261 e. The molecule has 1 atom stereocenters. The Balaban J connectivity index is 1.77. The van der Waals surface area contributed by atoms with Crippen LogP contribution in [0.1, 0.15) is 32.7 Å². The number of sulfone groups is 1. The van der Waals surface area contributed by atoms with Gasteiger partial charge in [-0.2, -0.15) is 0 Å². The Bertz CT molecular complexity index is 1150. The van der Waals surface area contributed by atoms with Gasteiger partial charge in [0.1, 0.15) is 6.04 Å². The number of benzene rings is 2. The minimum atomic E-state index is -3.81. The van der Waals surface area contributed by atoms with Crippen LogP contribution >= 0.6 is 0 Å². The van der Waals surface area contributed by atoms with Crippen molar-refractivity contribution < 1.29 is 27.6 Å². The Labute approximate surface area is 185 Å². The molecule has 1 fully saturated rings. The number of Topliss-reactive ketones (excluding diaryl/α,β-unsaturated/α-hetero) is 1. The van der Waals surface area contributed by atoms with Crippen molar-refractivity contribution >= 4 is 33.3 Å². The third-order valence-corrected chi connectivity index (χ3v) is 6.69. The zero-order valence-corrected chi connectivity index (χ0v) is 18.0. The molecule has 168 valence electrons. The SMILES string of the molecule is NC(=O)c1ccccc1CS(=O)(=O)CCC(=O)N(C(=O)c1ccccc1)[C@H]1CNCC1=O. The maximum absolute atomic E-state index is 13.0. The van der Waals surface area contributed by atoms with Gasteiger partial charge in [0.2, 0.25) is 11.8 Å². The molecule has 0 saturated carbocycles. The second-order valence-corrected chi connectivity index (χ2v) is 9.60. The third-order valence-electron chi connectivity index (χ3n) is 5.11. The second kappa shape index (κ2) is 9.84. The monoisotopic (exact) mass is 457 g/mol. The van der Waals surface area contributed by atoms with Crippen molar-refractivity contribution in [1.29, 1.82) is 0 Å². The van der Waals surface area contributed by atoms with Gasteiger partial charge in [-0.15, -0.1) is 0 Å². The van der Waals surface area contributed by atoms with Gasteiger partial charge >= 0.3 is 0 Å². The molecule has 3 amide bonds. The van der Waals surface area contributed by atoms with Gasteiger partial charge in [-0.1, -0.05) is 36.4 Å². The first-order chi connectivity index (χ1) is 15.2. The van der Waals surface area contributed by atoms with E-state index in [4.69, 9.17) is 5.73 Å². The number of rotatable bonds is 8. The van der Waals surface area contributed by atoms with Crippen LogP contribution in [0, 0.1) is 0 Å². The minimum absolute atomic E-state index is 0.0265. The smallest absolute Gasteiger partial charge is 0.261 e. The summed E-state index contributed by atoms with van der Waals surface area (Å²) in [6.45, 7) is 0.139. The average molecular weight is 458 g/mol. The molecule has 2 aromatic rings. The lowest BCUT2D eigenvalue weighted by Gasteiger charge is -2.26. The fourth-order valence-electron chi connectivity index (χ4n) is 3.51. The molecular formula is C22H23N3O6S. The Morgan fingerprint density at radius 2 is 1.69 bits per heavy atom. The Morgan fingerprint density at radius 3 is 2.31 bits per heavy atom. The molecule has 1 heterocycles. The van der Waals surface area contributed by atoms with Crippen molar-refractivity contribution in [3.05, 3.63) is 71.3 Å². The normalized spacial score (nSPS) is 16.0. The van der Waals surface area contributed by atoms with E-state index in [2.05, 4.69) is 5.32 Å². The van der Waals surface area contributed by atoms with E-state index in [0.717, 1.165) is 4.90 Å². The van der Waals surface area contributed by atoms with Gasteiger partial charge in [0.15, 0.2) is 15.6 Å². The first-order valence-corrected chi connectivity index (χ1v) is 11.7. The highest BCUT2D eigenvalue weighted by Crippen LogP contribution is 2.17. The van der Waals surface area contributed by atoms with E-state index in [-0.39, 0.29) is 35.6 Å². The molecule has 2 aromatic carbocycles. The van der Waals surface area contributed by atoms with Crippen molar-refractivity contribution in [2.45, 2.75) is 18.2 Å². The lowest BCUT2D eigenvalue weighted by Crippen LogP contribution is -2.49. The average Bonchev–Trinajstić information content (AvgIpc) is 3.18. The molecule has 0 aliphatic carbocycles. The summed E-state index contributed by atoms with van der Waals surface area (Å²) in [7, 11) is -3.81. The molecule has 9 nitrogen and oxygen atoms in total. The Kier molecular flexibility index (Phi) is 7.16. The molecule has 0 radical (unpaired) electrons. The van der Waals surface area contributed by atoms with Gasteiger partial charge in [0.05, 0.1) is 18.1 Å². The van der Waals surface area contributed by atoms with Gasteiger partial charge in [0.25, 0.3) is 5.91 Å². The molecule has 0 spiro atoms. The summed E-state index contributed by atoms with van der Waals surface area (Å²) in [5.74, 6) is -3.51. The zero-order valence-electron chi connectivity index (χ0n) is 17.2. The van der Waals surface area contributed by atoms with Crippen LogP contribution in [0.15, 0.2) is 54.6 Å². The second-order valence-electron chi connectivity index (χ2n) is 7.41. The number of carbonyl (C=O) groups excluding carboxylic acids is 4. The number of amides is 3. The van der Waals surface area contributed by atoms with Crippen LogP contribution in [0.4, 0.5) is 0 Å². The summed E-state index contributed by atoms with van der Waals surface area (Å²) in [4.78, 5) is 50.6. The third kappa shape index (κ3) is 5.45. The summed E-state index contributed by atoms with van der Waals surface area (Å²) in [6.07, 6.45) is -0.483. The van der Waals surface area contributed by atoms with Gasteiger partial charge in [0, 0.05) is 24.1 Å². The van der Waals surface area contributed by atoms with Crippen molar-refractivity contribution in [2.75, 3.05) is 18.8 Å². The highest BCUT2D eigenvalue weighted by molar-refractivity contribution is 7.90. The van der Waals surface area contributed by atoms with Crippen LogP contribution in [0.2, 0.25) is 0 Å². The van der Waals surface area contributed by atoms with Crippen LogP contribution in [0.3, 0.4) is 0 Å². The van der Waals surface area contributed by atoms with Crippen LogP contribution in [-0.2, 0) is 25.2 Å². The number of carbonyl (C=O) groups is 4. The number of primary amides is 1. The van der Waals surface area contributed by atoms with Crippen molar-refractivity contribution in [3.63, 3.8) is 0 Å². The van der Waals surface area contributed by atoms with E-state index in [0.29, 0.717) is 0 Å². The molecule has 3 rings (SSSR count). The number of hydrogen-bond donors (Lipinski definition) is 2. The lowest BCUT2D eigenvalue weighted by molar-refractivity contribution is -0.134. The highest BCUT2D eigenvalue weighted by Gasteiger charge is 2.38. The Morgan fingerprint density at radius 1 is 1.03 bits per heavy atom. The first-order valence-electron chi connectivity index (χ1n) is 9.92. The molecule has 0 unspecified atom stereocenters. The zero-order chi connectivity index (χ0) is 23.3. The quantitative estimate of drug-likeness (QED) is 0.580. The molecule has 0 aromatic heterocycles. The molecule has 10 heteroatoms. The van der Waals surface area contributed by atoms with Crippen LogP contribution < -0.4 is 11.1 Å². The van der Waals surface area contributed by atoms with Gasteiger partial charge in [-0.25, -0.2) is 8.42 Å². The van der Waals surface area contributed by atoms with Crippen molar-refractivity contribution in [1.82, 2.24) is 10.2 Å². The van der Waals surface area contributed by atoms with E-state index in [9.17, 15) is 27.6 Å². The largest absolute Gasteiger partial charge is 0.366 e. The number of ketones is 1. The predicted octanol–water partition coefficient (Wildman–Crippen LogP) is 0.300. The molecule has 3 N–H and O–H groups in total. The van der Waals surface area contributed by atoms with Crippen LogP contribution in [-0.4, -0.2) is 61.7 Å². The van der Waals surface area contributed by atoms with E-state index < -0.39 is 51.5 Å². The number of imide groups is 1. The Hall–Kier alpha value is -3.37. The molecule has 1 aliphatic heterocycles. The van der Waals surface area contributed by atoms with E-state index in [1.165, 1.54) is 24.3 Å².